The fourth-order valence-electron chi connectivity index (χ4n) is 1.68. The second kappa shape index (κ2) is 5.86. The number of nitrogens with one attached hydrogen (secondary N) is 1. The summed E-state index contributed by atoms with van der Waals surface area (Å²) in [6.07, 6.45) is 0.637. The predicted octanol–water partition coefficient (Wildman–Crippen LogP) is 1.91. The van der Waals surface area contributed by atoms with Gasteiger partial charge < -0.3 is 5.11 Å². The smallest absolute Gasteiger partial charge is 0.240 e. The van der Waals surface area contributed by atoms with Crippen LogP contribution in [0.1, 0.15) is 5.56 Å². The Labute approximate surface area is 112 Å². The third-order valence-electron chi connectivity index (χ3n) is 2.70. The first-order chi connectivity index (χ1) is 9.08. The standard InChI is InChI=1S/C14H15NO3S/c16-13-6-8-14(9-7-13)19(17,18)15-11-10-12-4-2-1-3-5-12/h1-9,15-16H,10-11H2. The zero-order valence-electron chi connectivity index (χ0n) is 10.3. The third-order valence-corrected chi connectivity index (χ3v) is 4.17. The molecule has 2 N–H and O–H groups in total. The summed E-state index contributed by atoms with van der Waals surface area (Å²) in [7, 11) is -3.51. The molecule has 0 heterocycles. The van der Waals surface area contributed by atoms with Crippen molar-refractivity contribution in [2.45, 2.75) is 11.3 Å². The van der Waals surface area contributed by atoms with E-state index in [1.165, 1.54) is 24.3 Å². The Bertz CT molecular complexity index is 622. The van der Waals surface area contributed by atoms with E-state index in [2.05, 4.69) is 4.72 Å². The summed E-state index contributed by atoms with van der Waals surface area (Å²) < 4.78 is 26.4. The largest absolute Gasteiger partial charge is 0.508 e. The first-order valence-corrected chi connectivity index (χ1v) is 7.39. The van der Waals surface area contributed by atoms with Crippen LogP contribution in [0.15, 0.2) is 59.5 Å². The summed E-state index contributed by atoms with van der Waals surface area (Å²) in [5, 5.41) is 9.13. The van der Waals surface area contributed by atoms with E-state index in [0.29, 0.717) is 13.0 Å². The van der Waals surface area contributed by atoms with E-state index >= 15 is 0 Å². The number of phenolic OH excluding ortho intramolecular Hbond substituents is 1. The molecule has 0 bridgehead atoms. The summed E-state index contributed by atoms with van der Waals surface area (Å²) in [5.41, 5.74) is 1.08. The van der Waals surface area contributed by atoms with E-state index in [-0.39, 0.29) is 10.6 Å². The lowest BCUT2D eigenvalue weighted by Gasteiger charge is -2.06. The second-order valence-electron chi connectivity index (χ2n) is 4.13. The Kier molecular flexibility index (Phi) is 4.19. The quantitative estimate of drug-likeness (QED) is 0.877. The molecule has 0 spiro atoms. The maximum atomic E-state index is 11.9. The lowest BCUT2D eigenvalue weighted by molar-refractivity contribution is 0.474. The van der Waals surface area contributed by atoms with Crippen LogP contribution in [-0.4, -0.2) is 20.1 Å². The van der Waals surface area contributed by atoms with Gasteiger partial charge in [0.1, 0.15) is 5.75 Å². The summed E-state index contributed by atoms with van der Waals surface area (Å²) >= 11 is 0. The number of hydrogen-bond acceptors (Lipinski definition) is 3. The molecule has 0 aliphatic carbocycles. The molecule has 0 aliphatic rings. The van der Waals surface area contributed by atoms with Crippen LogP contribution in [0.2, 0.25) is 0 Å². The molecule has 2 aromatic rings. The van der Waals surface area contributed by atoms with Crippen LogP contribution in [0.25, 0.3) is 0 Å². The molecular formula is C14H15NO3S. The van der Waals surface area contributed by atoms with Gasteiger partial charge in [0.15, 0.2) is 0 Å². The minimum Gasteiger partial charge on any atom is -0.508 e. The molecule has 100 valence electrons. The Hall–Kier alpha value is -1.85. The number of benzene rings is 2. The number of sulfonamides is 1. The Balaban J connectivity index is 1.97. The minimum absolute atomic E-state index is 0.0447. The summed E-state index contributed by atoms with van der Waals surface area (Å²) in [5.74, 6) is 0.0447. The van der Waals surface area contributed by atoms with Crippen LogP contribution >= 0.6 is 0 Å². The molecule has 0 saturated carbocycles. The highest BCUT2D eigenvalue weighted by Crippen LogP contribution is 2.14. The zero-order chi connectivity index (χ0) is 13.7. The molecule has 0 unspecified atom stereocenters. The fourth-order valence-corrected chi connectivity index (χ4v) is 2.71. The van der Waals surface area contributed by atoms with Crippen molar-refractivity contribution in [3.8, 4) is 5.75 Å². The van der Waals surface area contributed by atoms with Gasteiger partial charge >= 0.3 is 0 Å². The Morgan fingerprint density at radius 1 is 0.947 bits per heavy atom. The zero-order valence-corrected chi connectivity index (χ0v) is 11.1. The monoisotopic (exact) mass is 277 g/mol. The van der Waals surface area contributed by atoms with Gasteiger partial charge in [0.2, 0.25) is 10.0 Å². The summed E-state index contributed by atoms with van der Waals surface area (Å²) in [6.45, 7) is 0.340. The average Bonchev–Trinajstić information content (AvgIpc) is 2.40. The molecule has 0 atom stereocenters. The number of hydrogen-bond donors (Lipinski definition) is 2. The summed E-state index contributed by atoms with van der Waals surface area (Å²) in [4.78, 5) is 0.151. The van der Waals surface area contributed by atoms with Crippen molar-refractivity contribution in [2.24, 2.45) is 0 Å². The highest BCUT2D eigenvalue weighted by Gasteiger charge is 2.12. The molecule has 0 saturated heterocycles. The molecule has 0 amide bonds. The van der Waals surface area contributed by atoms with E-state index in [1.807, 2.05) is 30.3 Å². The minimum atomic E-state index is -3.51. The van der Waals surface area contributed by atoms with E-state index in [1.54, 1.807) is 0 Å². The van der Waals surface area contributed by atoms with Crippen LogP contribution in [0.4, 0.5) is 0 Å². The topological polar surface area (TPSA) is 66.4 Å². The van der Waals surface area contributed by atoms with Gasteiger partial charge in [-0.2, -0.15) is 0 Å². The second-order valence-corrected chi connectivity index (χ2v) is 5.89. The highest BCUT2D eigenvalue weighted by atomic mass is 32.2. The van der Waals surface area contributed by atoms with Crippen LogP contribution in [-0.2, 0) is 16.4 Å². The lowest BCUT2D eigenvalue weighted by atomic mass is 10.2. The van der Waals surface area contributed by atoms with Crippen molar-refractivity contribution >= 4 is 10.0 Å². The number of rotatable bonds is 5. The number of phenols is 1. The van der Waals surface area contributed by atoms with Gasteiger partial charge in [-0.15, -0.1) is 0 Å². The van der Waals surface area contributed by atoms with Crippen molar-refractivity contribution in [1.82, 2.24) is 4.72 Å². The van der Waals surface area contributed by atoms with E-state index in [0.717, 1.165) is 5.56 Å². The van der Waals surface area contributed by atoms with Crippen LogP contribution in [0.5, 0.6) is 5.75 Å². The van der Waals surface area contributed by atoms with Gasteiger partial charge in [0.25, 0.3) is 0 Å². The first kappa shape index (κ1) is 13.6. The predicted molar refractivity (Wildman–Crippen MR) is 73.4 cm³/mol. The normalized spacial score (nSPS) is 11.4. The number of aromatic hydroxyl groups is 1. The Morgan fingerprint density at radius 2 is 1.58 bits per heavy atom. The van der Waals surface area contributed by atoms with Crippen molar-refractivity contribution in [2.75, 3.05) is 6.54 Å². The van der Waals surface area contributed by atoms with E-state index < -0.39 is 10.0 Å². The molecule has 19 heavy (non-hydrogen) atoms. The van der Waals surface area contributed by atoms with Crippen LogP contribution < -0.4 is 4.72 Å². The van der Waals surface area contributed by atoms with E-state index in [9.17, 15) is 8.42 Å². The molecule has 0 radical (unpaired) electrons. The lowest BCUT2D eigenvalue weighted by Crippen LogP contribution is -2.25. The molecule has 5 heteroatoms. The molecule has 2 aromatic carbocycles. The van der Waals surface area contributed by atoms with Crippen molar-refractivity contribution in [1.29, 1.82) is 0 Å². The maximum Gasteiger partial charge on any atom is 0.240 e. The van der Waals surface area contributed by atoms with Crippen molar-refractivity contribution in [3.63, 3.8) is 0 Å². The van der Waals surface area contributed by atoms with E-state index in [4.69, 9.17) is 5.11 Å². The fraction of sp³-hybridized carbons (Fsp3) is 0.143. The van der Waals surface area contributed by atoms with Gasteiger partial charge in [-0.25, -0.2) is 13.1 Å². The van der Waals surface area contributed by atoms with Crippen molar-refractivity contribution in [3.05, 3.63) is 60.2 Å². The molecule has 4 nitrogen and oxygen atoms in total. The Morgan fingerprint density at radius 3 is 2.21 bits per heavy atom. The highest BCUT2D eigenvalue weighted by molar-refractivity contribution is 7.89. The van der Waals surface area contributed by atoms with Gasteiger partial charge in [-0.1, -0.05) is 30.3 Å². The van der Waals surface area contributed by atoms with Gasteiger partial charge in [0, 0.05) is 6.54 Å². The van der Waals surface area contributed by atoms with Gasteiger partial charge in [-0.3, -0.25) is 0 Å². The molecule has 0 aromatic heterocycles. The third kappa shape index (κ3) is 3.81. The SMILES string of the molecule is O=S(=O)(NCCc1ccccc1)c1ccc(O)cc1. The molecule has 0 aliphatic heterocycles. The van der Waals surface area contributed by atoms with Crippen LogP contribution in [0, 0.1) is 0 Å². The average molecular weight is 277 g/mol. The molecule has 2 rings (SSSR count). The molecular weight excluding hydrogens is 262 g/mol. The first-order valence-electron chi connectivity index (χ1n) is 5.90. The maximum absolute atomic E-state index is 11.9. The molecule has 0 fully saturated rings. The van der Waals surface area contributed by atoms with Gasteiger partial charge in [-0.05, 0) is 36.2 Å². The van der Waals surface area contributed by atoms with Gasteiger partial charge in [0.05, 0.1) is 4.90 Å². The summed E-state index contributed by atoms with van der Waals surface area (Å²) in [6, 6.07) is 15.1. The van der Waals surface area contributed by atoms with Crippen LogP contribution in [0.3, 0.4) is 0 Å². The van der Waals surface area contributed by atoms with Crippen molar-refractivity contribution < 1.29 is 13.5 Å².